The molecular weight excluding hydrogens is 362 g/mol. The van der Waals surface area contributed by atoms with Crippen molar-refractivity contribution in [2.75, 3.05) is 64.0 Å². The van der Waals surface area contributed by atoms with Gasteiger partial charge in [0.1, 0.15) is 0 Å². The van der Waals surface area contributed by atoms with Gasteiger partial charge in [-0.2, -0.15) is 0 Å². The van der Waals surface area contributed by atoms with Crippen LogP contribution >= 0.6 is 0 Å². The molecule has 0 bridgehead atoms. The van der Waals surface area contributed by atoms with E-state index in [1.165, 1.54) is 10.9 Å². The van der Waals surface area contributed by atoms with Gasteiger partial charge in [0.2, 0.25) is 0 Å². The second-order valence-corrected chi connectivity index (χ2v) is 7.02. The Labute approximate surface area is 162 Å². The van der Waals surface area contributed by atoms with Gasteiger partial charge in [0.25, 0.3) is 5.56 Å². The molecule has 150 valence electrons. The third-order valence-corrected chi connectivity index (χ3v) is 5.35. The largest absolute Gasteiger partial charge is 0.395 e. The Hall–Kier alpha value is -2.65. The number of ether oxygens (including phenoxy) is 1. The Morgan fingerprint density at radius 1 is 1.07 bits per heavy atom. The van der Waals surface area contributed by atoms with Crippen LogP contribution in [0.15, 0.2) is 29.3 Å². The number of hydrogen-bond donors (Lipinski definition) is 1. The Balaban J connectivity index is 1.44. The van der Waals surface area contributed by atoms with Crippen LogP contribution in [0.2, 0.25) is 0 Å². The number of fused-ring (bicyclic) bond motifs is 1. The summed E-state index contributed by atoms with van der Waals surface area (Å²) in [5.41, 5.74) is 1.49. The third kappa shape index (κ3) is 3.67. The van der Waals surface area contributed by atoms with Crippen LogP contribution in [0.3, 0.4) is 0 Å². The fraction of sp³-hybridized carbons (Fsp3) is 0.526. The van der Waals surface area contributed by atoms with E-state index < -0.39 is 0 Å². The van der Waals surface area contributed by atoms with Crippen molar-refractivity contribution in [2.24, 2.45) is 0 Å². The maximum atomic E-state index is 12.6. The van der Waals surface area contributed by atoms with Crippen LogP contribution < -0.4 is 10.5 Å². The SMILES string of the molecule is O=C(N1CCOCC1)N1CCN(c2ccc3c(=O)n(CCO)cnc3c2)CC1. The molecule has 9 nitrogen and oxygen atoms in total. The van der Waals surface area contributed by atoms with Crippen molar-refractivity contribution in [1.29, 1.82) is 0 Å². The third-order valence-electron chi connectivity index (χ3n) is 5.35. The van der Waals surface area contributed by atoms with Crippen LogP contribution in [0, 0.1) is 0 Å². The lowest BCUT2D eigenvalue weighted by molar-refractivity contribution is 0.0428. The number of aromatic nitrogens is 2. The van der Waals surface area contributed by atoms with E-state index in [4.69, 9.17) is 9.84 Å². The molecule has 2 aliphatic rings. The molecule has 2 aromatic rings. The first-order valence-corrected chi connectivity index (χ1v) is 9.64. The van der Waals surface area contributed by atoms with E-state index in [-0.39, 0.29) is 24.7 Å². The van der Waals surface area contributed by atoms with Crippen molar-refractivity contribution >= 4 is 22.6 Å². The van der Waals surface area contributed by atoms with Crippen molar-refractivity contribution in [1.82, 2.24) is 19.4 Å². The molecule has 2 saturated heterocycles. The molecule has 2 fully saturated rings. The number of aliphatic hydroxyl groups excluding tert-OH is 1. The lowest BCUT2D eigenvalue weighted by Gasteiger charge is -2.39. The van der Waals surface area contributed by atoms with Crippen LogP contribution in [-0.4, -0.2) is 89.6 Å². The van der Waals surface area contributed by atoms with Crippen molar-refractivity contribution in [3.63, 3.8) is 0 Å². The molecule has 0 saturated carbocycles. The topological polar surface area (TPSA) is 91.1 Å². The van der Waals surface area contributed by atoms with E-state index in [1.807, 2.05) is 21.9 Å². The Bertz CT molecular complexity index is 901. The second kappa shape index (κ2) is 8.15. The van der Waals surface area contributed by atoms with E-state index >= 15 is 0 Å². The van der Waals surface area contributed by atoms with Crippen LogP contribution in [0.4, 0.5) is 10.5 Å². The van der Waals surface area contributed by atoms with Gasteiger partial charge in [-0.05, 0) is 18.2 Å². The molecule has 3 heterocycles. The second-order valence-electron chi connectivity index (χ2n) is 7.02. The maximum Gasteiger partial charge on any atom is 0.320 e. The monoisotopic (exact) mass is 387 g/mol. The number of morpholine rings is 1. The number of carbonyl (C=O) groups is 1. The lowest BCUT2D eigenvalue weighted by Crippen LogP contribution is -2.54. The minimum absolute atomic E-state index is 0.0903. The van der Waals surface area contributed by atoms with Gasteiger partial charge in [-0.15, -0.1) is 0 Å². The molecule has 0 atom stereocenters. The van der Waals surface area contributed by atoms with Crippen LogP contribution in [0.25, 0.3) is 10.9 Å². The standard InChI is InChI=1S/C19H25N5O4/c25-10-7-24-14-20-17-13-15(1-2-16(17)18(24)26)21-3-5-22(6-4-21)19(27)23-8-11-28-12-9-23/h1-2,13-14,25H,3-12H2. The summed E-state index contributed by atoms with van der Waals surface area (Å²) in [6.45, 7) is 5.48. The predicted octanol–water partition coefficient (Wildman–Crippen LogP) is -0.0370. The zero-order chi connectivity index (χ0) is 19.5. The number of rotatable bonds is 3. The number of nitrogens with zero attached hydrogens (tertiary/aromatic N) is 5. The van der Waals surface area contributed by atoms with Gasteiger partial charge in [0, 0.05) is 45.0 Å². The molecular formula is C19H25N5O4. The first-order valence-electron chi connectivity index (χ1n) is 9.64. The first kappa shape index (κ1) is 18.7. The van der Waals surface area contributed by atoms with Gasteiger partial charge in [-0.25, -0.2) is 9.78 Å². The number of benzene rings is 1. The highest BCUT2D eigenvalue weighted by molar-refractivity contribution is 5.81. The van der Waals surface area contributed by atoms with E-state index in [9.17, 15) is 9.59 Å². The van der Waals surface area contributed by atoms with Crippen LogP contribution in [0.1, 0.15) is 0 Å². The summed E-state index contributed by atoms with van der Waals surface area (Å²) in [7, 11) is 0. The molecule has 1 N–H and O–H groups in total. The molecule has 0 aliphatic carbocycles. The minimum Gasteiger partial charge on any atom is -0.395 e. The van der Waals surface area contributed by atoms with E-state index in [0.717, 1.165) is 18.8 Å². The highest BCUT2D eigenvalue weighted by Gasteiger charge is 2.26. The smallest absolute Gasteiger partial charge is 0.320 e. The van der Waals surface area contributed by atoms with Crippen LogP contribution in [0.5, 0.6) is 0 Å². The van der Waals surface area contributed by atoms with Gasteiger partial charge in [0.15, 0.2) is 0 Å². The highest BCUT2D eigenvalue weighted by Crippen LogP contribution is 2.21. The molecule has 9 heteroatoms. The van der Waals surface area contributed by atoms with Gasteiger partial charge in [-0.1, -0.05) is 0 Å². The van der Waals surface area contributed by atoms with Crippen LogP contribution in [-0.2, 0) is 11.3 Å². The van der Waals surface area contributed by atoms with E-state index in [2.05, 4.69) is 9.88 Å². The van der Waals surface area contributed by atoms with Crippen molar-refractivity contribution in [3.8, 4) is 0 Å². The Kier molecular flexibility index (Phi) is 5.45. The Morgan fingerprint density at radius 2 is 1.79 bits per heavy atom. The summed E-state index contributed by atoms with van der Waals surface area (Å²) in [5.74, 6) is 0. The quantitative estimate of drug-likeness (QED) is 0.795. The summed E-state index contributed by atoms with van der Waals surface area (Å²) < 4.78 is 6.73. The number of urea groups is 1. The van der Waals surface area contributed by atoms with E-state index in [0.29, 0.717) is 50.3 Å². The molecule has 2 amide bonds. The summed E-state index contributed by atoms with van der Waals surface area (Å²) in [6.07, 6.45) is 1.48. The zero-order valence-electron chi connectivity index (χ0n) is 15.8. The van der Waals surface area contributed by atoms with Gasteiger partial charge in [0.05, 0.1) is 43.6 Å². The number of hydrogen-bond acceptors (Lipinski definition) is 6. The number of anilines is 1. The molecule has 4 rings (SSSR count). The predicted molar refractivity (Wildman–Crippen MR) is 105 cm³/mol. The summed E-state index contributed by atoms with van der Waals surface area (Å²) >= 11 is 0. The normalized spacial score (nSPS) is 18.0. The number of carbonyl (C=O) groups excluding carboxylic acids is 1. The molecule has 0 spiro atoms. The average molecular weight is 387 g/mol. The molecule has 2 aliphatic heterocycles. The van der Waals surface area contributed by atoms with Gasteiger partial charge in [-0.3, -0.25) is 9.36 Å². The Morgan fingerprint density at radius 3 is 2.50 bits per heavy atom. The first-order chi connectivity index (χ1) is 13.7. The van der Waals surface area contributed by atoms with Crippen molar-refractivity contribution in [3.05, 3.63) is 34.9 Å². The number of amides is 2. The molecule has 0 unspecified atom stereocenters. The molecule has 28 heavy (non-hydrogen) atoms. The number of piperazine rings is 1. The summed E-state index contributed by atoms with van der Waals surface area (Å²) in [6, 6.07) is 5.72. The van der Waals surface area contributed by atoms with E-state index in [1.54, 1.807) is 6.07 Å². The highest BCUT2D eigenvalue weighted by atomic mass is 16.5. The molecule has 1 aromatic carbocycles. The lowest BCUT2D eigenvalue weighted by atomic mass is 10.2. The fourth-order valence-electron chi connectivity index (χ4n) is 3.72. The van der Waals surface area contributed by atoms with Crippen molar-refractivity contribution in [2.45, 2.75) is 6.54 Å². The minimum atomic E-state index is -0.147. The fourth-order valence-corrected chi connectivity index (χ4v) is 3.72. The average Bonchev–Trinajstić information content (AvgIpc) is 2.76. The maximum absolute atomic E-state index is 12.6. The molecule has 0 radical (unpaired) electrons. The zero-order valence-corrected chi connectivity index (χ0v) is 15.8. The summed E-state index contributed by atoms with van der Waals surface area (Å²) in [4.78, 5) is 35.4. The van der Waals surface area contributed by atoms with Gasteiger partial charge >= 0.3 is 6.03 Å². The van der Waals surface area contributed by atoms with Crippen molar-refractivity contribution < 1.29 is 14.6 Å². The number of aliphatic hydroxyl groups is 1. The summed E-state index contributed by atoms with van der Waals surface area (Å²) in [5, 5.41) is 9.59. The molecule has 1 aromatic heterocycles. The van der Waals surface area contributed by atoms with Gasteiger partial charge < -0.3 is 24.5 Å².